The van der Waals surface area contributed by atoms with E-state index in [9.17, 15) is 4.79 Å². The summed E-state index contributed by atoms with van der Waals surface area (Å²) in [4.78, 5) is 15.7. The van der Waals surface area contributed by atoms with Gasteiger partial charge in [-0.3, -0.25) is 4.79 Å². The van der Waals surface area contributed by atoms with Gasteiger partial charge in [0.1, 0.15) is 5.75 Å². The minimum absolute atomic E-state index is 0.0845. The van der Waals surface area contributed by atoms with Crippen LogP contribution in [0, 0.1) is 11.3 Å². The Balaban J connectivity index is 1.37. The summed E-state index contributed by atoms with van der Waals surface area (Å²) in [5.41, 5.74) is 2.46. The topological polar surface area (TPSA) is 63.4 Å². The highest BCUT2D eigenvalue weighted by Gasteiger charge is 2.53. The zero-order valence-corrected chi connectivity index (χ0v) is 14.8. The molecule has 2 N–H and O–H groups in total. The third-order valence-electron chi connectivity index (χ3n) is 5.79. The van der Waals surface area contributed by atoms with Crippen molar-refractivity contribution in [2.24, 2.45) is 11.3 Å². The van der Waals surface area contributed by atoms with E-state index >= 15 is 0 Å². The Morgan fingerprint density at radius 2 is 2.24 bits per heavy atom. The first-order valence-electron chi connectivity index (χ1n) is 9.28. The van der Waals surface area contributed by atoms with E-state index in [1.54, 1.807) is 0 Å². The second-order valence-corrected chi connectivity index (χ2v) is 7.28. The molecule has 0 bridgehead atoms. The molecule has 5 heteroatoms. The van der Waals surface area contributed by atoms with Gasteiger partial charge in [-0.25, -0.2) is 0 Å². The van der Waals surface area contributed by atoms with Crippen molar-refractivity contribution < 1.29 is 14.3 Å². The number of aromatic nitrogens is 1. The van der Waals surface area contributed by atoms with E-state index in [4.69, 9.17) is 9.47 Å². The summed E-state index contributed by atoms with van der Waals surface area (Å²) in [5.74, 6) is 1.55. The molecule has 5 nitrogen and oxygen atoms in total. The van der Waals surface area contributed by atoms with Gasteiger partial charge in [0.2, 0.25) is 5.91 Å². The van der Waals surface area contributed by atoms with Crippen LogP contribution in [0.15, 0.2) is 24.4 Å². The van der Waals surface area contributed by atoms with Gasteiger partial charge in [0.15, 0.2) is 0 Å². The Hall–Kier alpha value is -2.01. The molecule has 2 aromatic rings. The molecule has 1 amide bonds. The lowest BCUT2D eigenvalue weighted by Gasteiger charge is -2.22. The van der Waals surface area contributed by atoms with Crippen molar-refractivity contribution in [1.29, 1.82) is 0 Å². The maximum atomic E-state index is 12.4. The zero-order chi connectivity index (χ0) is 17.3. The van der Waals surface area contributed by atoms with Crippen LogP contribution in [0.3, 0.4) is 0 Å². The number of hydrogen-bond acceptors (Lipinski definition) is 3. The lowest BCUT2D eigenvalue weighted by Crippen LogP contribution is -2.29. The van der Waals surface area contributed by atoms with Crippen LogP contribution < -0.4 is 10.1 Å². The molecule has 1 aliphatic heterocycles. The minimum atomic E-state index is 0.0845. The van der Waals surface area contributed by atoms with Gasteiger partial charge in [-0.2, -0.15) is 0 Å². The first-order valence-corrected chi connectivity index (χ1v) is 9.28. The van der Waals surface area contributed by atoms with Crippen LogP contribution in [0.4, 0.5) is 0 Å². The molecular formula is C20H26N2O3. The van der Waals surface area contributed by atoms with Crippen molar-refractivity contribution in [2.75, 3.05) is 26.4 Å². The molecule has 1 saturated carbocycles. The molecule has 1 atom stereocenters. The fourth-order valence-corrected chi connectivity index (χ4v) is 4.22. The molecule has 1 aliphatic carbocycles. The van der Waals surface area contributed by atoms with Crippen molar-refractivity contribution in [1.82, 2.24) is 10.3 Å². The Bertz CT molecular complexity index is 761. The van der Waals surface area contributed by atoms with Crippen molar-refractivity contribution in [3.05, 3.63) is 30.0 Å². The molecule has 1 aromatic heterocycles. The van der Waals surface area contributed by atoms with Gasteiger partial charge in [0.05, 0.1) is 13.0 Å². The summed E-state index contributed by atoms with van der Waals surface area (Å²) in [6, 6.07) is 5.94. The van der Waals surface area contributed by atoms with E-state index in [1.807, 2.05) is 31.3 Å². The molecule has 25 heavy (non-hydrogen) atoms. The van der Waals surface area contributed by atoms with Crippen molar-refractivity contribution >= 4 is 16.8 Å². The van der Waals surface area contributed by atoms with E-state index in [-0.39, 0.29) is 5.91 Å². The number of H-pyrrole nitrogens is 1. The van der Waals surface area contributed by atoms with Crippen LogP contribution in [-0.2, 0) is 16.0 Å². The van der Waals surface area contributed by atoms with Gasteiger partial charge in [-0.1, -0.05) is 6.07 Å². The number of carbonyl (C=O) groups excluding carboxylic acids is 1. The number of hydrogen-bond donors (Lipinski definition) is 2. The highest BCUT2D eigenvalue weighted by Crippen LogP contribution is 2.58. The van der Waals surface area contributed by atoms with Gasteiger partial charge in [0.25, 0.3) is 0 Å². The second kappa shape index (κ2) is 6.71. The molecule has 1 aromatic carbocycles. The maximum Gasteiger partial charge on any atom is 0.224 e. The van der Waals surface area contributed by atoms with E-state index in [0.29, 0.717) is 24.4 Å². The highest BCUT2D eigenvalue weighted by molar-refractivity contribution is 5.93. The summed E-state index contributed by atoms with van der Waals surface area (Å²) < 4.78 is 11.2. The van der Waals surface area contributed by atoms with Gasteiger partial charge >= 0.3 is 0 Å². The molecule has 1 spiro atoms. The number of fused-ring (bicyclic) bond motifs is 1. The first-order chi connectivity index (χ1) is 12.2. The Morgan fingerprint density at radius 3 is 3.04 bits per heavy atom. The zero-order valence-electron chi connectivity index (χ0n) is 14.8. The summed E-state index contributed by atoms with van der Waals surface area (Å²) in [6.07, 6.45) is 5.83. The summed E-state index contributed by atoms with van der Waals surface area (Å²) in [7, 11) is 0. The van der Waals surface area contributed by atoms with Gasteiger partial charge in [0, 0.05) is 36.9 Å². The lowest BCUT2D eigenvalue weighted by molar-refractivity contribution is -0.120. The number of nitrogens with one attached hydrogen (secondary N) is 2. The average Bonchev–Trinajstić information content (AvgIpc) is 3.11. The van der Waals surface area contributed by atoms with Crippen LogP contribution in [-0.4, -0.2) is 37.3 Å². The Morgan fingerprint density at radius 1 is 1.40 bits per heavy atom. The SMILES string of the molecule is CCOc1cccc2[nH]cc(CC(=O)NCC3CC34CCOCC4)c12. The van der Waals surface area contributed by atoms with Crippen LogP contribution in [0.1, 0.15) is 31.7 Å². The monoisotopic (exact) mass is 342 g/mol. The summed E-state index contributed by atoms with van der Waals surface area (Å²) >= 11 is 0. The van der Waals surface area contributed by atoms with Crippen LogP contribution in [0.2, 0.25) is 0 Å². The number of carbonyl (C=O) groups is 1. The number of aromatic amines is 1. The van der Waals surface area contributed by atoms with Crippen LogP contribution in [0.25, 0.3) is 10.9 Å². The molecule has 2 fully saturated rings. The molecule has 2 aliphatic rings. The minimum Gasteiger partial charge on any atom is -0.493 e. The first kappa shape index (κ1) is 16.5. The molecule has 1 unspecified atom stereocenters. The summed E-state index contributed by atoms with van der Waals surface area (Å²) in [6.45, 7) is 5.13. The maximum absolute atomic E-state index is 12.4. The number of benzene rings is 1. The molecule has 134 valence electrons. The largest absolute Gasteiger partial charge is 0.493 e. The third-order valence-corrected chi connectivity index (χ3v) is 5.79. The predicted molar refractivity (Wildman–Crippen MR) is 96.8 cm³/mol. The van der Waals surface area contributed by atoms with E-state index in [1.165, 1.54) is 6.42 Å². The molecule has 1 saturated heterocycles. The van der Waals surface area contributed by atoms with Gasteiger partial charge < -0.3 is 19.8 Å². The van der Waals surface area contributed by atoms with Crippen LogP contribution in [0.5, 0.6) is 5.75 Å². The quantitative estimate of drug-likeness (QED) is 0.848. The standard InChI is InChI=1S/C20H26N2O3/c1-2-25-17-5-3-4-16-19(17)14(12-21-16)10-18(23)22-13-15-11-20(15)6-8-24-9-7-20/h3-5,12,15,21H,2,6-11,13H2,1H3,(H,22,23). The molecule has 4 rings (SSSR count). The number of rotatable bonds is 6. The fourth-order valence-electron chi connectivity index (χ4n) is 4.22. The molecular weight excluding hydrogens is 316 g/mol. The Kier molecular flexibility index (Phi) is 4.42. The Labute approximate surface area is 148 Å². The second-order valence-electron chi connectivity index (χ2n) is 7.28. The van der Waals surface area contributed by atoms with Gasteiger partial charge in [-0.15, -0.1) is 0 Å². The lowest BCUT2D eigenvalue weighted by atomic mass is 9.94. The van der Waals surface area contributed by atoms with E-state index in [2.05, 4.69) is 10.3 Å². The molecule has 0 radical (unpaired) electrons. The third kappa shape index (κ3) is 3.25. The molecule has 2 heterocycles. The fraction of sp³-hybridized carbons (Fsp3) is 0.550. The predicted octanol–water partition coefficient (Wildman–Crippen LogP) is 3.04. The average molecular weight is 342 g/mol. The van der Waals surface area contributed by atoms with Gasteiger partial charge in [-0.05, 0) is 55.2 Å². The van der Waals surface area contributed by atoms with Crippen molar-refractivity contribution in [3.63, 3.8) is 0 Å². The van der Waals surface area contributed by atoms with E-state index < -0.39 is 0 Å². The van der Waals surface area contributed by atoms with Crippen molar-refractivity contribution in [3.8, 4) is 5.75 Å². The number of amides is 1. The van der Waals surface area contributed by atoms with Crippen LogP contribution >= 0.6 is 0 Å². The highest BCUT2D eigenvalue weighted by atomic mass is 16.5. The smallest absolute Gasteiger partial charge is 0.224 e. The number of ether oxygens (including phenoxy) is 2. The normalized spacial score (nSPS) is 21.4. The van der Waals surface area contributed by atoms with Crippen molar-refractivity contribution in [2.45, 2.75) is 32.6 Å². The van der Waals surface area contributed by atoms with E-state index in [0.717, 1.165) is 54.8 Å². The summed E-state index contributed by atoms with van der Waals surface area (Å²) in [5, 5.41) is 4.16.